The molecule has 0 fully saturated rings. The summed E-state index contributed by atoms with van der Waals surface area (Å²) >= 11 is 0. The van der Waals surface area contributed by atoms with Crippen LogP contribution in [0.25, 0.3) is 12.2 Å². The third-order valence-electron chi connectivity index (χ3n) is 3.76. The molecule has 0 aromatic heterocycles. The maximum atomic E-state index is 12.4. The minimum absolute atomic E-state index is 0.145. The van der Waals surface area contributed by atoms with Gasteiger partial charge in [0.1, 0.15) is 0 Å². The highest BCUT2D eigenvalue weighted by atomic mass is 16.1. The van der Waals surface area contributed by atoms with Gasteiger partial charge in [-0.2, -0.15) is 0 Å². The Morgan fingerprint density at radius 3 is 2.04 bits per heavy atom. The molecule has 3 aromatic carbocycles. The van der Waals surface area contributed by atoms with Gasteiger partial charge in [0.25, 0.3) is 0 Å². The van der Waals surface area contributed by atoms with Crippen LogP contribution in [0.4, 0.5) is 0 Å². The quantitative estimate of drug-likeness (QED) is 0.462. The van der Waals surface area contributed by atoms with Gasteiger partial charge in [-0.3, -0.25) is 4.79 Å². The molecule has 3 aromatic rings. The number of hydrogen-bond acceptors (Lipinski definition) is 1. The van der Waals surface area contributed by atoms with Crippen LogP contribution in [0.5, 0.6) is 0 Å². The van der Waals surface area contributed by atoms with E-state index in [0.717, 1.165) is 22.3 Å². The van der Waals surface area contributed by atoms with Crippen molar-refractivity contribution in [1.82, 2.24) is 0 Å². The number of carbonyl (C=O) groups excluding carboxylic acids is 1. The zero-order valence-electron chi connectivity index (χ0n) is 12.9. The summed E-state index contributed by atoms with van der Waals surface area (Å²) < 4.78 is 0. The van der Waals surface area contributed by atoms with Crippen molar-refractivity contribution < 1.29 is 4.79 Å². The van der Waals surface area contributed by atoms with Crippen LogP contribution in [0, 0.1) is 0 Å². The summed E-state index contributed by atoms with van der Waals surface area (Å²) in [5.74, 6) is 0.145. The predicted octanol–water partition coefficient (Wildman–Crippen LogP) is 5.28. The normalized spacial score (nSPS) is 10.8. The Hall–Kier alpha value is -2.93. The number of hydrogen-bond donors (Lipinski definition) is 0. The fourth-order valence-corrected chi connectivity index (χ4v) is 2.51. The average molecular weight is 298 g/mol. The van der Waals surface area contributed by atoms with E-state index in [4.69, 9.17) is 0 Å². The number of benzene rings is 3. The van der Waals surface area contributed by atoms with Crippen molar-refractivity contribution >= 4 is 17.9 Å². The second kappa shape index (κ2) is 7.37. The van der Waals surface area contributed by atoms with Gasteiger partial charge in [-0.15, -0.1) is 0 Å². The van der Waals surface area contributed by atoms with Gasteiger partial charge in [-0.25, -0.2) is 0 Å². The molecular weight excluding hydrogens is 280 g/mol. The molecule has 0 amide bonds. The molecule has 0 heterocycles. The third-order valence-corrected chi connectivity index (χ3v) is 3.76. The monoisotopic (exact) mass is 298 g/mol. The van der Waals surface area contributed by atoms with Crippen LogP contribution < -0.4 is 0 Å². The Morgan fingerprint density at radius 2 is 1.30 bits per heavy atom. The Kier molecular flexibility index (Phi) is 4.80. The van der Waals surface area contributed by atoms with E-state index < -0.39 is 0 Å². The SMILES string of the molecule is O=C(Cc1ccccc1/C=C/c1ccccc1)c1ccccc1. The predicted molar refractivity (Wildman–Crippen MR) is 96.3 cm³/mol. The lowest BCUT2D eigenvalue weighted by Crippen LogP contribution is -2.04. The maximum absolute atomic E-state index is 12.4. The van der Waals surface area contributed by atoms with Gasteiger partial charge < -0.3 is 0 Å². The van der Waals surface area contributed by atoms with E-state index in [1.165, 1.54) is 0 Å². The van der Waals surface area contributed by atoms with Crippen LogP contribution >= 0.6 is 0 Å². The van der Waals surface area contributed by atoms with Crippen molar-refractivity contribution in [2.75, 3.05) is 0 Å². The van der Waals surface area contributed by atoms with E-state index in [2.05, 4.69) is 24.3 Å². The van der Waals surface area contributed by atoms with Crippen molar-refractivity contribution in [2.45, 2.75) is 6.42 Å². The smallest absolute Gasteiger partial charge is 0.167 e. The van der Waals surface area contributed by atoms with Crippen LogP contribution in [0.3, 0.4) is 0 Å². The zero-order chi connectivity index (χ0) is 15.9. The highest BCUT2D eigenvalue weighted by Gasteiger charge is 2.08. The summed E-state index contributed by atoms with van der Waals surface area (Å²) in [7, 11) is 0. The lowest BCUT2D eigenvalue weighted by Gasteiger charge is -2.06. The molecule has 0 radical (unpaired) electrons. The number of rotatable bonds is 5. The van der Waals surface area contributed by atoms with Crippen molar-refractivity contribution in [1.29, 1.82) is 0 Å². The number of ketones is 1. The summed E-state index contributed by atoms with van der Waals surface area (Å²) in [5.41, 5.74) is 4.04. The van der Waals surface area contributed by atoms with E-state index in [0.29, 0.717) is 6.42 Å². The van der Waals surface area contributed by atoms with Crippen molar-refractivity contribution in [3.8, 4) is 0 Å². The second-order valence-corrected chi connectivity index (χ2v) is 5.41. The molecule has 0 aliphatic rings. The molecule has 0 unspecified atom stereocenters. The van der Waals surface area contributed by atoms with E-state index in [1.807, 2.05) is 72.8 Å². The largest absolute Gasteiger partial charge is 0.294 e. The first kappa shape index (κ1) is 15.0. The zero-order valence-corrected chi connectivity index (χ0v) is 12.9. The topological polar surface area (TPSA) is 17.1 Å². The first-order valence-electron chi connectivity index (χ1n) is 7.72. The molecular formula is C22H18O. The highest BCUT2D eigenvalue weighted by molar-refractivity contribution is 5.98. The molecule has 1 nitrogen and oxygen atoms in total. The highest BCUT2D eigenvalue weighted by Crippen LogP contribution is 2.16. The first-order chi connectivity index (χ1) is 11.3. The van der Waals surface area contributed by atoms with E-state index >= 15 is 0 Å². The Balaban J connectivity index is 1.81. The Labute approximate surface area is 136 Å². The molecule has 0 aliphatic carbocycles. The van der Waals surface area contributed by atoms with E-state index in [-0.39, 0.29) is 5.78 Å². The molecule has 0 saturated heterocycles. The van der Waals surface area contributed by atoms with Crippen LogP contribution in [0.1, 0.15) is 27.0 Å². The second-order valence-electron chi connectivity index (χ2n) is 5.41. The first-order valence-corrected chi connectivity index (χ1v) is 7.72. The summed E-state index contributed by atoms with van der Waals surface area (Å²) in [5, 5.41) is 0. The molecule has 0 bridgehead atoms. The van der Waals surface area contributed by atoms with Gasteiger partial charge in [0.2, 0.25) is 0 Å². The van der Waals surface area contributed by atoms with Crippen molar-refractivity contribution in [2.24, 2.45) is 0 Å². The summed E-state index contributed by atoms with van der Waals surface area (Å²) in [6.07, 6.45) is 4.56. The van der Waals surface area contributed by atoms with Gasteiger partial charge in [0.05, 0.1) is 0 Å². The van der Waals surface area contributed by atoms with E-state index in [1.54, 1.807) is 0 Å². The van der Waals surface area contributed by atoms with Crippen LogP contribution in [0.2, 0.25) is 0 Å². The fourth-order valence-electron chi connectivity index (χ4n) is 2.51. The van der Waals surface area contributed by atoms with Crippen LogP contribution in [-0.4, -0.2) is 5.78 Å². The van der Waals surface area contributed by atoms with Gasteiger partial charge in [0.15, 0.2) is 5.78 Å². The fraction of sp³-hybridized carbons (Fsp3) is 0.0455. The average Bonchev–Trinajstić information content (AvgIpc) is 2.62. The number of carbonyl (C=O) groups is 1. The third kappa shape index (κ3) is 4.04. The molecule has 0 saturated carbocycles. The van der Waals surface area contributed by atoms with Gasteiger partial charge in [0, 0.05) is 12.0 Å². The van der Waals surface area contributed by atoms with Crippen LogP contribution in [0.15, 0.2) is 84.9 Å². The van der Waals surface area contributed by atoms with E-state index in [9.17, 15) is 4.79 Å². The lowest BCUT2D eigenvalue weighted by molar-refractivity contribution is 0.0993. The Morgan fingerprint density at radius 1 is 0.696 bits per heavy atom. The number of Topliss-reactive ketones (excluding diaryl/α,β-unsaturated/α-hetero) is 1. The summed E-state index contributed by atoms with van der Waals surface area (Å²) in [6.45, 7) is 0. The maximum Gasteiger partial charge on any atom is 0.167 e. The van der Waals surface area contributed by atoms with Crippen LogP contribution in [-0.2, 0) is 6.42 Å². The molecule has 23 heavy (non-hydrogen) atoms. The van der Waals surface area contributed by atoms with Crippen molar-refractivity contribution in [3.05, 3.63) is 107 Å². The molecule has 1 heteroatoms. The van der Waals surface area contributed by atoms with Crippen molar-refractivity contribution in [3.63, 3.8) is 0 Å². The Bertz CT molecular complexity index is 802. The van der Waals surface area contributed by atoms with Gasteiger partial charge in [-0.1, -0.05) is 97.1 Å². The van der Waals surface area contributed by atoms with Gasteiger partial charge in [-0.05, 0) is 16.7 Å². The molecule has 112 valence electrons. The minimum atomic E-state index is 0.145. The molecule has 0 N–H and O–H groups in total. The van der Waals surface area contributed by atoms with Gasteiger partial charge >= 0.3 is 0 Å². The lowest BCUT2D eigenvalue weighted by atomic mass is 9.98. The summed E-state index contributed by atoms with van der Waals surface area (Å²) in [4.78, 5) is 12.4. The standard InChI is InChI=1S/C22H18O/c23-22(20-12-5-2-6-13-20)17-21-14-8-7-11-19(21)16-15-18-9-3-1-4-10-18/h1-16H,17H2/b16-15+. The molecule has 0 spiro atoms. The molecule has 0 aliphatic heterocycles. The molecule has 0 atom stereocenters. The minimum Gasteiger partial charge on any atom is -0.294 e. The summed E-state index contributed by atoms with van der Waals surface area (Å²) in [6, 6.07) is 27.7. The molecule has 3 rings (SSSR count).